The van der Waals surface area contributed by atoms with E-state index in [2.05, 4.69) is 5.32 Å². The fourth-order valence-corrected chi connectivity index (χ4v) is 3.06. The molecule has 0 spiro atoms. The van der Waals surface area contributed by atoms with E-state index in [1.165, 1.54) is 0 Å². The minimum absolute atomic E-state index is 0.101. The maximum atomic E-state index is 12.7. The van der Waals surface area contributed by atoms with Gasteiger partial charge >= 0.3 is 0 Å². The third-order valence-electron chi connectivity index (χ3n) is 4.70. The Balaban J connectivity index is 1.61. The van der Waals surface area contributed by atoms with Crippen LogP contribution in [0, 0.1) is 0 Å². The Morgan fingerprint density at radius 2 is 1.34 bits per heavy atom. The van der Waals surface area contributed by atoms with Crippen molar-refractivity contribution in [1.82, 2.24) is 0 Å². The number of anilines is 3. The number of carbonyl (C=O) groups excluding carboxylic acids is 2. The number of benzene rings is 3. The highest BCUT2D eigenvalue weighted by atomic mass is 16.2. The van der Waals surface area contributed by atoms with Crippen LogP contribution in [0.15, 0.2) is 84.9 Å². The van der Waals surface area contributed by atoms with Crippen molar-refractivity contribution in [2.75, 3.05) is 35.3 Å². The monoisotopic (exact) mass is 387 g/mol. The van der Waals surface area contributed by atoms with Crippen LogP contribution >= 0.6 is 0 Å². The maximum Gasteiger partial charge on any atom is 0.258 e. The summed E-state index contributed by atoms with van der Waals surface area (Å²) in [7, 11) is 1.75. The Bertz CT molecular complexity index is 941. The quantitative estimate of drug-likeness (QED) is 0.653. The van der Waals surface area contributed by atoms with E-state index in [0.29, 0.717) is 11.3 Å². The fourth-order valence-electron chi connectivity index (χ4n) is 3.06. The Labute approximate surface area is 171 Å². The first-order valence-corrected chi connectivity index (χ1v) is 9.61. The Hall–Kier alpha value is -3.60. The van der Waals surface area contributed by atoms with Gasteiger partial charge in [0.2, 0.25) is 5.91 Å². The zero-order valence-corrected chi connectivity index (χ0v) is 16.7. The van der Waals surface area contributed by atoms with E-state index in [1.807, 2.05) is 72.5 Å². The van der Waals surface area contributed by atoms with Crippen LogP contribution in [-0.4, -0.2) is 32.0 Å². The van der Waals surface area contributed by atoms with Crippen LogP contribution < -0.4 is 15.1 Å². The molecule has 0 heterocycles. The van der Waals surface area contributed by atoms with Crippen LogP contribution in [0.3, 0.4) is 0 Å². The number of hydrogen-bond acceptors (Lipinski definition) is 3. The van der Waals surface area contributed by atoms with Gasteiger partial charge in [-0.3, -0.25) is 9.59 Å². The summed E-state index contributed by atoms with van der Waals surface area (Å²) in [6, 6.07) is 26.3. The molecule has 0 radical (unpaired) electrons. The summed E-state index contributed by atoms with van der Waals surface area (Å²) >= 11 is 0. The number of rotatable bonds is 7. The van der Waals surface area contributed by atoms with Crippen molar-refractivity contribution >= 4 is 28.9 Å². The highest BCUT2D eigenvalue weighted by Gasteiger charge is 2.14. The van der Waals surface area contributed by atoms with Crippen LogP contribution in [0.1, 0.15) is 17.3 Å². The van der Waals surface area contributed by atoms with Gasteiger partial charge in [0.1, 0.15) is 0 Å². The van der Waals surface area contributed by atoms with Gasteiger partial charge in [0.05, 0.1) is 6.54 Å². The number of carbonyl (C=O) groups is 2. The van der Waals surface area contributed by atoms with Gasteiger partial charge in [-0.05, 0) is 55.5 Å². The molecular weight excluding hydrogens is 362 g/mol. The van der Waals surface area contributed by atoms with Crippen molar-refractivity contribution in [3.63, 3.8) is 0 Å². The predicted molar refractivity (Wildman–Crippen MR) is 119 cm³/mol. The number of amides is 2. The van der Waals surface area contributed by atoms with E-state index in [4.69, 9.17) is 0 Å². The maximum absolute atomic E-state index is 12.7. The average Bonchev–Trinajstić information content (AvgIpc) is 2.78. The highest BCUT2D eigenvalue weighted by molar-refractivity contribution is 6.06. The fraction of sp³-hybridized carbons (Fsp3) is 0.167. The van der Waals surface area contributed by atoms with Crippen LogP contribution in [0.25, 0.3) is 0 Å². The average molecular weight is 387 g/mol. The summed E-state index contributed by atoms with van der Waals surface area (Å²) < 4.78 is 0. The van der Waals surface area contributed by atoms with E-state index in [-0.39, 0.29) is 18.4 Å². The van der Waals surface area contributed by atoms with Gasteiger partial charge in [-0.1, -0.05) is 36.4 Å². The molecule has 0 bridgehead atoms. The van der Waals surface area contributed by atoms with Gasteiger partial charge in [-0.2, -0.15) is 0 Å². The van der Waals surface area contributed by atoms with Crippen LogP contribution in [0.5, 0.6) is 0 Å². The highest BCUT2D eigenvalue weighted by Crippen LogP contribution is 2.17. The molecule has 3 rings (SSSR count). The Morgan fingerprint density at radius 3 is 1.90 bits per heavy atom. The molecule has 0 saturated heterocycles. The number of nitrogens with zero attached hydrogens (tertiary/aromatic N) is 2. The molecule has 3 aromatic carbocycles. The molecule has 0 unspecified atom stereocenters. The minimum Gasteiger partial charge on any atom is -0.362 e. The summed E-state index contributed by atoms with van der Waals surface area (Å²) in [5.41, 5.74) is 3.07. The molecule has 29 heavy (non-hydrogen) atoms. The third-order valence-corrected chi connectivity index (χ3v) is 4.70. The first-order valence-electron chi connectivity index (χ1n) is 9.61. The third kappa shape index (κ3) is 5.23. The molecule has 0 aliphatic heterocycles. The summed E-state index contributed by atoms with van der Waals surface area (Å²) in [5.74, 6) is -0.202. The van der Waals surface area contributed by atoms with Gasteiger partial charge in [0.25, 0.3) is 5.91 Å². The first-order chi connectivity index (χ1) is 14.1. The van der Waals surface area contributed by atoms with Gasteiger partial charge < -0.3 is 15.1 Å². The van der Waals surface area contributed by atoms with Crippen LogP contribution in [0.2, 0.25) is 0 Å². The Kier molecular flexibility index (Phi) is 6.63. The standard InChI is InChI=1S/C24H25N3O2/c1-3-27(22-12-8-5-9-13-22)18-23(28)25-20-16-14-19(15-17-20)24(29)26(2)21-10-6-4-7-11-21/h4-17H,3,18H2,1-2H3,(H,25,28). The summed E-state index contributed by atoms with van der Waals surface area (Å²) in [6.07, 6.45) is 0. The molecule has 3 aromatic rings. The normalized spacial score (nSPS) is 10.3. The summed E-state index contributed by atoms with van der Waals surface area (Å²) in [6.45, 7) is 3.01. The molecule has 0 aliphatic rings. The largest absolute Gasteiger partial charge is 0.362 e. The molecule has 1 N–H and O–H groups in total. The van der Waals surface area contributed by atoms with Gasteiger partial charge in [-0.15, -0.1) is 0 Å². The molecule has 0 fully saturated rings. The molecule has 0 aromatic heterocycles. The zero-order valence-electron chi connectivity index (χ0n) is 16.7. The number of likely N-dealkylation sites (N-methyl/N-ethyl adjacent to an activating group) is 1. The molecule has 0 saturated carbocycles. The van der Waals surface area contributed by atoms with E-state index >= 15 is 0 Å². The molecule has 2 amide bonds. The SMILES string of the molecule is CCN(CC(=O)Nc1ccc(C(=O)N(C)c2ccccc2)cc1)c1ccccc1. The summed E-state index contributed by atoms with van der Waals surface area (Å²) in [5, 5.41) is 2.90. The van der Waals surface area contributed by atoms with Crippen molar-refractivity contribution in [3.05, 3.63) is 90.5 Å². The van der Waals surface area contributed by atoms with Crippen molar-refractivity contribution in [2.45, 2.75) is 6.92 Å². The first kappa shape index (κ1) is 20.1. The van der Waals surface area contributed by atoms with Gasteiger partial charge in [0.15, 0.2) is 0 Å². The lowest BCUT2D eigenvalue weighted by Crippen LogP contribution is -2.33. The molecule has 0 aliphatic carbocycles. The lowest BCUT2D eigenvalue weighted by Gasteiger charge is -2.22. The summed E-state index contributed by atoms with van der Waals surface area (Å²) in [4.78, 5) is 28.7. The minimum atomic E-state index is -0.102. The lowest BCUT2D eigenvalue weighted by atomic mass is 10.1. The molecule has 5 nitrogen and oxygen atoms in total. The van der Waals surface area contributed by atoms with E-state index in [9.17, 15) is 9.59 Å². The second-order valence-corrected chi connectivity index (χ2v) is 6.67. The number of nitrogens with one attached hydrogen (secondary N) is 1. The van der Waals surface area contributed by atoms with E-state index < -0.39 is 0 Å². The lowest BCUT2D eigenvalue weighted by molar-refractivity contribution is -0.115. The molecule has 0 atom stereocenters. The van der Waals surface area contributed by atoms with Crippen molar-refractivity contribution < 1.29 is 9.59 Å². The molecular formula is C24H25N3O2. The Morgan fingerprint density at radius 1 is 0.793 bits per heavy atom. The molecule has 148 valence electrons. The van der Waals surface area contributed by atoms with Gasteiger partial charge in [-0.25, -0.2) is 0 Å². The van der Waals surface area contributed by atoms with Crippen LogP contribution in [0.4, 0.5) is 17.1 Å². The number of para-hydroxylation sites is 2. The smallest absolute Gasteiger partial charge is 0.258 e. The topological polar surface area (TPSA) is 52.7 Å². The van der Waals surface area contributed by atoms with Crippen molar-refractivity contribution in [3.8, 4) is 0 Å². The van der Waals surface area contributed by atoms with Crippen LogP contribution in [-0.2, 0) is 4.79 Å². The van der Waals surface area contributed by atoms with Gasteiger partial charge in [0, 0.05) is 36.2 Å². The second kappa shape index (κ2) is 9.55. The van der Waals surface area contributed by atoms with E-state index in [0.717, 1.165) is 17.9 Å². The zero-order chi connectivity index (χ0) is 20.6. The second-order valence-electron chi connectivity index (χ2n) is 6.67. The molecule has 5 heteroatoms. The predicted octanol–water partition coefficient (Wildman–Crippen LogP) is 4.43. The number of hydrogen-bond donors (Lipinski definition) is 1. The van der Waals surface area contributed by atoms with Crippen molar-refractivity contribution in [2.24, 2.45) is 0 Å². The van der Waals surface area contributed by atoms with Crippen molar-refractivity contribution in [1.29, 1.82) is 0 Å². The van der Waals surface area contributed by atoms with E-state index in [1.54, 1.807) is 36.2 Å².